The minimum absolute atomic E-state index is 0.222. The standard InChI is InChI=1S/C17H19NO3/c1-3-12-4-6-13(7-5-12)11-21-17(19)15-10-14(20-2)8-9-16(15)18/h4-10H,3,11,18H2,1-2H3. The summed E-state index contributed by atoms with van der Waals surface area (Å²) in [7, 11) is 1.54. The van der Waals surface area contributed by atoms with Gasteiger partial charge in [0.25, 0.3) is 0 Å². The highest BCUT2D eigenvalue weighted by Crippen LogP contribution is 2.20. The van der Waals surface area contributed by atoms with Gasteiger partial charge in [0.15, 0.2) is 0 Å². The molecule has 0 heterocycles. The monoisotopic (exact) mass is 285 g/mol. The van der Waals surface area contributed by atoms with Crippen molar-refractivity contribution in [2.75, 3.05) is 12.8 Å². The minimum atomic E-state index is -0.453. The maximum Gasteiger partial charge on any atom is 0.340 e. The number of nitrogens with two attached hydrogens (primary N) is 1. The molecule has 2 aromatic rings. The zero-order valence-electron chi connectivity index (χ0n) is 12.3. The maximum absolute atomic E-state index is 12.1. The summed E-state index contributed by atoms with van der Waals surface area (Å²) in [6.45, 7) is 2.32. The summed E-state index contributed by atoms with van der Waals surface area (Å²) in [6.07, 6.45) is 0.987. The Bertz CT molecular complexity index is 620. The fraction of sp³-hybridized carbons (Fsp3) is 0.235. The molecule has 4 nitrogen and oxygen atoms in total. The molecule has 0 unspecified atom stereocenters. The molecule has 0 radical (unpaired) electrons. The maximum atomic E-state index is 12.1. The first-order chi connectivity index (χ1) is 10.1. The number of anilines is 1. The van der Waals surface area contributed by atoms with E-state index in [0.29, 0.717) is 17.0 Å². The van der Waals surface area contributed by atoms with Gasteiger partial charge in [-0.15, -0.1) is 0 Å². The number of nitrogen functional groups attached to an aromatic ring is 1. The molecule has 2 aromatic carbocycles. The summed E-state index contributed by atoms with van der Waals surface area (Å²) < 4.78 is 10.4. The van der Waals surface area contributed by atoms with Crippen LogP contribution in [0.3, 0.4) is 0 Å². The van der Waals surface area contributed by atoms with Gasteiger partial charge in [0.1, 0.15) is 12.4 Å². The van der Waals surface area contributed by atoms with Crippen LogP contribution in [0.2, 0.25) is 0 Å². The first-order valence-electron chi connectivity index (χ1n) is 6.82. The van der Waals surface area contributed by atoms with E-state index in [2.05, 4.69) is 6.92 Å². The van der Waals surface area contributed by atoms with Crippen LogP contribution in [0, 0.1) is 0 Å². The second-order valence-corrected chi connectivity index (χ2v) is 4.70. The van der Waals surface area contributed by atoms with E-state index >= 15 is 0 Å². The Balaban J connectivity index is 2.04. The van der Waals surface area contributed by atoms with Crippen molar-refractivity contribution in [3.05, 3.63) is 59.2 Å². The largest absolute Gasteiger partial charge is 0.497 e. The van der Waals surface area contributed by atoms with E-state index in [4.69, 9.17) is 15.2 Å². The van der Waals surface area contributed by atoms with Crippen LogP contribution >= 0.6 is 0 Å². The van der Waals surface area contributed by atoms with Gasteiger partial charge in [0.05, 0.1) is 12.7 Å². The van der Waals surface area contributed by atoms with Gasteiger partial charge in [-0.05, 0) is 35.7 Å². The molecule has 2 N–H and O–H groups in total. The molecule has 0 aliphatic carbocycles. The van der Waals surface area contributed by atoms with Gasteiger partial charge in [0, 0.05) is 5.69 Å². The van der Waals surface area contributed by atoms with Crippen LogP contribution in [0.4, 0.5) is 5.69 Å². The van der Waals surface area contributed by atoms with Gasteiger partial charge in [-0.2, -0.15) is 0 Å². The van der Waals surface area contributed by atoms with Crippen LogP contribution in [-0.4, -0.2) is 13.1 Å². The normalized spacial score (nSPS) is 10.2. The van der Waals surface area contributed by atoms with E-state index in [-0.39, 0.29) is 6.61 Å². The predicted octanol–water partition coefficient (Wildman–Crippen LogP) is 3.20. The van der Waals surface area contributed by atoms with Crippen LogP contribution in [-0.2, 0) is 17.8 Å². The summed E-state index contributed by atoms with van der Waals surface area (Å²) in [5.41, 5.74) is 8.69. The predicted molar refractivity (Wildman–Crippen MR) is 82.3 cm³/mol. The molecule has 0 saturated carbocycles. The molecule has 0 amide bonds. The number of aryl methyl sites for hydroxylation is 1. The Labute approximate surface area is 124 Å². The molecule has 110 valence electrons. The van der Waals surface area contributed by atoms with Crippen molar-refractivity contribution in [2.24, 2.45) is 0 Å². The number of ether oxygens (including phenoxy) is 2. The number of hydrogen-bond donors (Lipinski definition) is 1. The van der Waals surface area contributed by atoms with Gasteiger partial charge in [-0.3, -0.25) is 0 Å². The molecule has 4 heteroatoms. The highest BCUT2D eigenvalue weighted by atomic mass is 16.5. The number of esters is 1. The molecule has 0 aliphatic heterocycles. The quantitative estimate of drug-likeness (QED) is 0.677. The number of methoxy groups -OCH3 is 1. The van der Waals surface area contributed by atoms with Crippen LogP contribution in [0.1, 0.15) is 28.4 Å². The van der Waals surface area contributed by atoms with Gasteiger partial charge in [-0.1, -0.05) is 31.2 Å². The van der Waals surface area contributed by atoms with Crippen LogP contribution in [0.15, 0.2) is 42.5 Å². The molecule has 2 rings (SSSR count). The van der Waals surface area contributed by atoms with Gasteiger partial charge < -0.3 is 15.2 Å². The number of benzene rings is 2. The molecule has 0 bridgehead atoms. The third-order valence-electron chi connectivity index (χ3n) is 3.28. The van der Waals surface area contributed by atoms with E-state index < -0.39 is 5.97 Å². The lowest BCUT2D eigenvalue weighted by Crippen LogP contribution is -2.08. The summed E-state index contributed by atoms with van der Waals surface area (Å²) in [5.74, 6) is 0.120. The zero-order valence-corrected chi connectivity index (χ0v) is 12.3. The van der Waals surface area contributed by atoms with Gasteiger partial charge >= 0.3 is 5.97 Å². The van der Waals surface area contributed by atoms with Crippen molar-refractivity contribution in [3.8, 4) is 5.75 Å². The Morgan fingerprint density at radius 3 is 2.38 bits per heavy atom. The van der Waals surface area contributed by atoms with Crippen molar-refractivity contribution in [2.45, 2.75) is 20.0 Å². The minimum Gasteiger partial charge on any atom is -0.497 e. The molecule has 0 atom stereocenters. The fourth-order valence-corrected chi connectivity index (χ4v) is 1.94. The van der Waals surface area contributed by atoms with Gasteiger partial charge in [0.2, 0.25) is 0 Å². The lowest BCUT2D eigenvalue weighted by atomic mass is 10.1. The SMILES string of the molecule is CCc1ccc(COC(=O)c2cc(OC)ccc2N)cc1. The second-order valence-electron chi connectivity index (χ2n) is 4.70. The van der Waals surface area contributed by atoms with Crippen molar-refractivity contribution < 1.29 is 14.3 Å². The average Bonchev–Trinajstić information content (AvgIpc) is 2.53. The molecule has 0 saturated heterocycles. The van der Waals surface area contributed by atoms with E-state index in [0.717, 1.165) is 12.0 Å². The molecule has 0 fully saturated rings. The zero-order chi connectivity index (χ0) is 15.2. The number of carbonyl (C=O) groups is 1. The lowest BCUT2D eigenvalue weighted by Gasteiger charge is -2.09. The first-order valence-corrected chi connectivity index (χ1v) is 6.82. The van der Waals surface area contributed by atoms with E-state index in [1.807, 2.05) is 24.3 Å². The number of rotatable bonds is 5. The molecule has 0 aromatic heterocycles. The average molecular weight is 285 g/mol. The molecular weight excluding hydrogens is 266 g/mol. The van der Waals surface area contributed by atoms with E-state index in [1.54, 1.807) is 18.2 Å². The second kappa shape index (κ2) is 6.79. The van der Waals surface area contributed by atoms with Crippen LogP contribution < -0.4 is 10.5 Å². The van der Waals surface area contributed by atoms with Gasteiger partial charge in [-0.25, -0.2) is 4.79 Å². The lowest BCUT2D eigenvalue weighted by molar-refractivity contribution is 0.0473. The molecule has 0 spiro atoms. The Kier molecular flexibility index (Phi) is 4.82. The van der Waals surface area contributed by atoms with Crippen LogP contribution in [0.25, 0.3) is 0 Å². The summed E-state index contributed by atoms with van der Waals surface area (Å²) in [4.78, 5) is 12.1. The van der Waals surface area contributed by atoms with E-state index in [9.17, 15) is 4.79 Å². The first kappa shape index (κ1) is 14.9. The third kappa shape index (κ3) is 3.75. The summed E-state index contributed by atoms with van der Waals surface area (Å²) in [6, 6.07) is 12.9. The topological polar surface area (TPSA) is 61.5 Å². The highest BCUT2D eigenvalue weighted by Gasteiger charge is 2.12. The Morgan fingerprint density at radius 2 is 1.76 bits per heavy atom. The third-order valence-corrected chi connectivity index (χ3v) is 3.28. The summed E-state index contributed by atoms with van der Waals surface area (Å²) >= 11 is 0. The van der Waals surface area contributed by atoms with Crippen molar-refractivity contribution in [1.82, 2.24) is 0 Å². The number of hydrogen-bond acceptors (Lipinski definition) is 4. The molecular formula is C17H19NO3. The number of carbonyl (C=O) groups excluding carboxylic acids is 1. The van der Waals surface area contributed by atoms with E-state index in [1.165, 1.54) is 12.7 Å². The Morgan fingerprint density at radius 1 is 1.10 bits per heavy atom. The molecule has 0 aliphatic rings. The van der Waals surface area contributed by atoms with Crippen molar-refractivity contribution in [3.63, 3.8) is 0 Å². The highest BCUT2D eigenvalue weighted by molar-refractivity contribution is 5.95. The molecule has 21 heavy (non-hydrogen) atoms. The smallest absolute Gasteiger partial charge is 0.340 e. The summed E-state index contributed by atoms with van der Waals surface area (Å²) in [5, 5.41) is 0. The van der Waals surface area contributed by atoms with Crippen LogP contribution in [0.5, 0.6) is 5.75 Å². The van der Waals surface area contributed by atoms with Crippen molar-refractivity contribution in [1.29, 1.82) is 0 Å². The van der Waals surface area contributed by atoms with Crippen molar-refractivity contribution >= 4 is 11.7 Å². The fourth-order valence-electron chi connectivity index (χ4n) is 1.94. The Hall–Kier alpha value is -2.49.